The van der Waals surface area contributed by atoms with Crippen LogP contribution in [0.5, 0.6) is 5.75 Å². The molecule has 3 N–H and O–H groups in total. The number of carbonyl (C=O) groups is 1. The Hall–Kier alpha value is -3.20. The number of anilines is 1. The minimum absolute atomic E-state index is 0.0685. The number of aromatic nitrogens is 1. The summed E-state index contributed by atoms with van der Waals surface area (Å²) in [5.74, 6) is -0.731. The average Bonchev–Trinajstić information content (AvgIpc) is 2.69. The lowest BCUT2D eigenvalue weighted by Crippen LogP contribution is -2.54. The van der Waals surface area contributed by atoms with Crippen LogP contribution in [0.2, 0.25) is 0 Å². The number of esters is 1. The predicted molar refractivity (Wildman–Crippen MR) is 109 cm³/mol. The van der Waals surface area contributed by atoms with Gasteiger partial charge in [0, 0.05) is 12.2 Å². The third-order valence-corrected chi connectivity index (χ3v) is 4.52. The fourth-order valence-electron chi connectivity index (χ4n) is 2.96. The molecule has 0 atom stereocenters. The molecule has 0 bridgehead atoms. The second kappa shape index (κ2) is 10.0. The minimum atomic E-state index is -0.661. The van der Waals surface area contributed by atoms with Gasteiger partial charge in [-0.3, -0.25) is 15.2 Å². The van der Waals surface area contributed by atoms with Gasteiger partial charge < -0.3 is 24.8 Å². The zero-order chi connectivity index (χ0) is 21.5. The molecule has 1 fully saturated rings. The fourth-order valence-corrected chi connectivity index (χ4v) is 2.96. The van der Waals surface area contributed by atoms with Gasteiger partial charge in [-0.25, -0.2) is 4.39 Å². The minimum Gasteiger partial charge on any atom is -0.485 e. The number of nitrogens with two attached hydrogens (primary N) is 1. The van der Waals surface area contributed by atoms with Gasteiger partial charge in [-0.15, -0.1) is 0 Å². The molecule has 0 spiro atoms. The van der Waals surface area contributed by atoms with Gasteiger partial charge >= 0.3 is 5.97 Å². The molecule has 1 saturated heterocycles. The molecule has 1 aromatic carbocycles. The molecule has 1 aromatic heterocycles. The normalized spacial score (nSPS) is 13.6. The van der Waals surface area contributed by atoms with Gasteiger partial charge in [-0.05, 0) is 25.1 Å². The zero-order valence-corrected chi connectivity index (χ0v) is 16.8. The van der Waals surface area contributed by atoms with Gasteiger partial charge in [-0.1, -0.05) is 12.1 Å². The Bertz CT molecular complexity index is 885. The van der Waals surface area contributed by atoms with Gasteiger partial charge in [0.25, 0.3) is 0 Å². The van der Waals surface area contributed by atoms with Crippen molar-refractivity contribution in [3.05, 3.63) is 53.6 Å². The van der Waals surface area contributed by atoms with Gasteiger partial charge in [0.05, 0.1) is 37.3 Å². The topological polar surface area (TPSA) is 111 Å². The van der Waals surface area contributed by atoms with E-state index in [9.17, 15) is 9.18 Å². The van der Waals surface area contributed by atoms with Crippen molar-refractivity contribution < 1.29 is 23.4 Å². The quantitative estimate of drug-likeness (QED) is 0.348. The van der Waals surface area contributed by atoms with Crippen molar-refractivity contribution in [3.8, 4) is 5.75 Å². The number of halogens is 1. The van der Waals surface area contributed by atoms with E-state index in [1.165, 1.54) is 0 Å². The zero-order valence-electron chi connectivity index (χ0n) is 16.8. The molecule has 1 aliphatic rings. The summed E-state index contributed by atoms with van der Waals surface area (Å²) in [6.07, 6.45) is 1.28. The first kappa shape index (κ1) is 21.5. The third-order valence-electron chi connectivity index (χ3n) is 4.52. The van der Waals surface area contributed by atoms with Gasteiger partial charge in [0.1, 0.15) is 30.7 Å². The molecule has 0 aliphatic carbocycles. The van der Waals surface area contributed by atoms with Crippen LogP contribution in [0.15, 0.2) is 36.5 Å². The van der Waals surface area contributed by atoms with E-state index in [1.54, 1.807) is 24.4 Å². The summed E-state index contributed by atoms with van der Waals surface area (Å²) >= 11 is 0. The molecule has 2 aromatic rings. The molecule has 0 radical (unpaired) electrons. The number of carbonyl (C=O) groups excluding carboxylic acids is 1. The number of nitrogens with one attached hydrogen (secondary N) is 1. The number of benzene rings is 1. The number of amidine groups is 1. The summed E-state index contributed by atoms with van der Waals surface area (Å²) < 4.78 is 31.0. The molecular weight excluding hydrogens is 391 g/mol. The second-order valence-corrected chi connectivity index (χ2v) is 6.88. The maximum Gasteiger partial charge on any atom is 0.313 e. The predicted octanol–water partition coefficient (Wildman–Crippen LogP) is 2.39. The van der Waals surface area contributed by atoms with Crippen molar-refractivity contribution in [2.75, 3.05) is 24.6 Å². The van der Waals surface area contributed by atoms with E-state index in [1.807, 2.05) is 24.0 Å². The number of rotatable bonds is 10. The fraction of sp³-hybridized carbons (Fsp3) is 0.381. The van der Waals surface area contributed by atoms with E-state index in [0.29, 0.717) is 37.7 Å². The first-order chi connectivity index (χ1) is 14.5. The van der Waals surface area contributed by atoms with Crippen molar-refractivity contribution in [3.63, 3.8) is 0 Å². The van der Waals surface area contributed by atoms with Gasteiger partial charge in [0.15, 0.2) is 5.82 Å². The van der Waals surface area contributed by atoms with E-state index in [0.717, 1.165) is 5.69 Å². The first-order valence-electron chi connectivity index (χ1n) is 9.66. The van der Waals surface area contributed by atoms with Crippen molar-refractivity contribution in [1.29, 1.82) is 5.41 Å². The van der Waals surface area contributed by atoms with Crippen LogP contribution < -0.4 is 15.4 Å². The molecule has 0 saturated carbocycles. The van der Waals surface area contributed by atoms with Crippen molar-refractivity contribution in [1.82, 2.24) is 4.98 Å². The van der Waals surface area contributed by atoms with Crippen LogP contribution in [-0.2, 0) is 27.5 Å². The van der Waals surface area contributed by atoms with E-state index >= 15 is 0 Å². The summed E-state index contributed by atoms with van der Waals surface area (Å²) in [6.45, 7) is 3.89. The monoisotopic (exact) mass is 416 g/mol. The van der Waals surface area contributed by atoms with E-state index in [2.05, 4.69) is 4.98 Å². The highest BCUT2D eigenvalue weighted by molar-refractivity contribution is 5.94. The molecule has 30 heavy (non-hydrogen) atoms. The number of nitrogens with zero attached hydrogens (tertiary/aromatic N) is 2. The third kappa shape index (κ3) is 5.66. The Morgan fingerprint density at radius 2 is 2.10 bits per heavy atom. The van der Waals surface area contributed by atoms with Crippen LogP contribution in [-0.4, -0.2) is 42.6 Å². The lowest BCUT2D eigenvalue weighted by Gasteiger charge is -2.40. The van der Waals surface area contributed by atoms with Crippen LogP contribution in [0, 0.1) is 11.2 Å². The van der Waals surface area contributed by atoms with Crippen molar-refractivity contribution in [2.24, 2.45) is 5.73 Å². The van der Waals surface area contributed by atoms with Crippen LogP contribution in [0.3, 0.4) is 0 Å². The molecule has 2 heterocycles. The molecule has 0 unspecified atom stereocenters. The largest absolute Gasteiger partial charge is 0.485 e. The summed E-state index contributed by atoms with van der Waals surface area (Å²) in [5, 5.41) is 7.08. The molecule has 3 rings (SSSR count). The van der Waals surface area contributed by atoms with E-state index in [4.69, 9.17) is 25.4 Å². The van der Waals surface area contributed by atoms with Crippen LogP contribution in [0.1, 0.15) is 24.6 Å². The van der Waals surface area contributed by atoms with E-state index < -0.39 is 11.8 Å². The number of hydrogen-bond donors (Lipinski definition) is 2. The Morgan fingerprint density at radius 3 is 2.77 bits per heavy atom. The highest BCUT2D eigenvalue weighted by Crippen LogP contribution is 2.28. The number of hydrogen-bond acceptors (Lipinski definition) is 7. The van der Waals surface area contributed by atoms with Crippen molar-refractivity contribution in [2.45, 2.75) is 32.7 Å². The standard InChI is InChI=1S/C21H25FN4O4/c1-2-28-13-15-6-7-16(9-25-15)30-17-10-26(11-17)18-5-3-4-14(21(18)22)12-29-20(27)8-19(23)24/h3-7,9,17H,2,8,10-13H2,1H3,(H3,23,24). The average molecular weight is 416 g/mol. The van der Waals surface area contributed by atoms with Crippen LogP contribution >= 0.6 is 0 Å². The smallest absolute Gasteiger partial charge is 0.313 e. The Morgan fingerprint density at radius 1 is 1.30 bits per heavy atom. The summed E-state index contributed by atoms with van der Waals surface area (Å²) in [4.78, 5) is 17.7. The maximum absolute atomic E-state index is 14.8. The molecule has 9 heteroatoms. The molecule has 160 valence electrons. The molecule has 1 aliphatic heterocycles. The van der Waals surface area contributed by atoms with Crippen LogP contribution in [0.25, 0.3) is 0 Å². The van der Waals surface area contributed by atoms with Gasteiger partial charge in [-0.2, -0.15) is 0 Å². The van der Waals surface area contributed by atoms with Gasteiger partial charge in [0.2, 0.25) is 0 Å². The Balaban J connectivity index is 1.51. The summed E-state index contributed by atoms with van der Waals surface area (Å²) in [5.41, 5.74) is 6.69. The SMILES string of the molecule is CCOCc1ccc(OC2CN(c3cccc(COC(=O)CC(=N)N)c3F)C2)cn1. The lowest BCUT2D eigenvalue weighted by atomic mass is 10.1. The second-order valence-electron chi connectivity index (χ2n) is 6.88. The number of pyridine rings is 1. The number of ether oxygens (including phenoxy) is 3. The molecule has 0 amide bonds. The van der Waals surface area contributed by atoms with Crippen molar-refractivity contribution >= 4 is 17.5 Å². The highest BCUT2D eigenvalue weighted by atomic mass is 19.1. The lowest BCUT2D eigenvalue weighted by molar-refractivity contribution is -0.143. The summed E-state index contributed by atoms with van der Waals surface area (Å²) in [6, 6.07) is 8.65. The first-order valence-corrected chi connectivity index (χ1v) is 9.66. The molecular formula is C21H25FN4O4. The maximum atomic E-state index is 14.8. The van der Waals surface area contributed by atoms with E-state index in [-0.39, 0.29) is 30.5 Å². The Labute approximate surface area is 174 Å². The Kier molecular flexibility index (Phi) is 7.18. The highest BCUT2D eigenvalue weighted by Gasteiger charge is 2.31. The molecule has 8 nitrogen and oxygen atoms in total. The summed E-state index contributed by atoms with van der Waals surface area (Å²) in [7, 11) is 0. The van der Waals surface area contributed by atoms with Crippen LogP contribution in [0.4, 0.5) is 10.1 Å².